The maximum Gasteiger partial charge on any atom is 0.325 e. The number of carboxylic acids is 1. The molecular formula is C23H24Cl2N2O5S. The smallest absolute Gasteiger partial charge is 0.325 e. The van der Waals surface area contributed by atoms with Gasteiger partial charge in [0, 0.05) is 30.0 Å². The first-order chi connectivity index (χ1) is 15.8. The molecule has 33 heavy (non-hydrogen) atoms. The van der Waals surface area contributed by atoms with Gasteiger partial charge in [0.25, 0.3) is 0 Å². The molecule has 2 amide bonds. The number of furan rings is 1. The lowest BCUT2D eigenvalue weighted by molar-refractivity contribution is -0.142. The molecule has 0 aliphatic carbocycles. The number of likely N-dealkylation sites (tertiary alicyclic amines) is 1. The molecular weight excluding hydrogens is 487 g/mol. The van der Waals surface area contributed by atoms with Gasteiger partial charge in [0.05, 0.1) is 22.1 Å². The summed E-state index contributed by atoms with van der Waals surface area (Å²) in [6.07, 6.45) is 5.65. The van der Waals surface area contributed by atoms with Crippen LogP contribution >= 0.6 is 35.0 Å². The zero-order chi connectivity index (χ0) is 24.0. The largest absolute Gasteiger partial charge is 0.480 e. The lowest BCUT2D eigenvalue weighted by Crippen LogP contribution is -2.46. The third-order valence-corrected chi connectivity index (χ3v) is 7.43. The number of hydrogen-bond acceptors (Lipinski definition) is 5. The molecule has 0 saturated carbocycles. The van der Waals surface area contributed by atoms with Crippen molar-refractivity contribution in [2.45, 2.75) is 36.5 Å². The first kappa shape index (κ1) is 25.2. The molecule has 2 N–H and O–H groups in total. The Balaban J connectivity index is 1.53. The molecule has 1 fully saturated rings. The maximum atomic E-state index is 12.6. The van der Waals surface area contributed by atoms with Crippen LogP contribution in [0.3, 0.4) is 0 Å². The molecule has 1 aliphatic rings. The van der Waals surface area contributed by atoms with Crippen LogP contribution in [0.1, 0.15) is 31.1 Å². The second-order valence-corrected chi connectivity index (χ2v) is 9.42. The predicted octanol–water partition coefficient (Wildman–Crippen LogP) is 4.72. The summed E-state index contributed by atoms with van der Waals surface area (Å²) in [6, 6.07) is 6.44. The lowest BCUT2D eigenvalue weighted by Gasteiger charge is -2.31. The van der Waals surface area contributed by atoms with Crippen molar-refractivity contribution in [1.29, 1.82) is 0 Å². The molecule has 1 aliphatic heterocycles. The van der Waals surface area contributed by atoms with E-state index in [0.717, 1.165) is 10.7 Å². The summed E-state index contributed by atoms with van der Waals surface area (Å²) in [5.41, 5.74) is 0.634. The highest BCUT2D eigenvalue weighted by Crippen LogP contribution is 2.37. The second kappa shape index (κ2) is 11.6. The molecule has 0 radical (unpaired) electrons. The number of nitrogens with zero attached hydrogens (tertiary/aromatic N) is 1. The van der Waals surface area contributed by atoms with E-state index in [2.05, 4.69) is 5.32 Å². The molecule has 1 saturated heterocycles. The molecule has 0 spiro atoms. The first-order valence-electron chi connectivity index (χ1n) is 10.4. The van der Waals surface area contributed by atoms with Crippen LogP contribution in [0.4, 0.5) is 0 Å². The van der Waals surface area contributed by atoms with E-state index in [1.54, 1.807) is 17.2 Å². The summed E-state index contributed by atoms with van der Waals surface area (Å²) in [7, 11) is 0. The Kier molecular flexibility index (Phi) is 8.88. The fraction of sp³-hybridized carbons (Fsp3) is 0.348. The summed E-state index contributed by atoms with van der Waals surface area (Å²) in [5.74, 6) is -0.405. The molecule has 176 valence electrons. The summed E-state index contributed by atoms with van der Waals surface area (Å²) in [5, 5.41) is 12.2. The van der Waals surface area contributed by atoms with Crippen molar-refractivity contribution >= 4 is 58.8 Å². The van der Waals surface area contributed by atoms with Gasteiger partial charge in [-0.2, -0.15) is 0 Å². The Morgan fingerprint density at radius 1 is 1.24 bits per heavy atom. The zero-order valence-electron chi connectivity index (χ0n) is 17.9. The predicted molar refractivity (Wildman–Crippen MR) is 128 cm³/mol. The monoisotopic (exact) mass is 510 g/mol. The minimum atomic E-state index is -1.08. The van der Waals surface area contributed by atoms with Crippen LogP contribution in [0.5, 0.6) is 0 Å². The number of thioether (sulfide) groups is 1. The molecule has 3 rings (SSSR count). The number of amides is 2. The molecule has 1 unspecified atom stereocenters. The highest BCUT2D eigenvalue weighted by atomic mass is 35.5. The van der Waals surface area contributed by atoms with Crippen LogP contribution in [-0.2, 0) is 20.1 Å². The highest BCUT2D eigenvalue weighted by Gasteiger charge is 2.28. The van der Waals surface area contributed by atoms with Crippen LogP contribution in [0.25, 0.3) is 6.08 Å². The van der Waals surface area contributed by atoms with E-state index in [0.29, 0.717) is 47.3 Å². The summed E-state index contributed by atoms with van der Waals surface area (Å²) in [6.45, 7) is 2.25. The van der Waals surface area contributed by atoms with Crippen molar-refractivity contribution in [1.82, 2.24) is 10.2 Å². The standard InChI is InChI=1S/C23H24Cl2N2O5S/c1-14(23(30)31)26-22(29)16-8-10-27(11-9-16)19(28)7-5-15-4-6-18(21(25)20(15)24)33-13-17-3-2-12-32-17/h2-7,12,14,16H,8-11,13H2,1H3,(H,26,29)(H,30,31). The number of piperidine rings is 1. The Morgan fingerprint density at radius 2 is 1.97 bits per heavy atom. The Bertz CT molecular complexity index is 1030. The Hall–Kier alpha value is -2.42. The molecule has 7 nitrogen and oxygen atoms in total. The molecule has 1 atom stereocenters. The normalized spacial score (nSPS) is 15.5. The van der Waals surface area contributed by atoms with E-state index in [4.69, 9.17) is 32.7 Å². The third kappa shape index (κ3) is 6.79. The fourth-order valence-electron chi connectivity index (χ4n) is 3.35. The molecule has 10 heteroatoms. The number of hydrogen-bond donors (Lipinski definition) is 2. The van der Waals surface area contributed by atoms with Crippen molar-refractivity contribution in [2.24, 2.45) is 5.92 Å². The number of carbonyl (C=O) groups is 3. The van der Waals surface area contributed by atoms with Gasteiger partial charge in [0.15, 0.2) is 0 Å². The number of rotatable bonds is 8. The van der Waals surface area contributed by atoms with Crippen molar-refractivity contribution in [3.63, 3.8) is 0 Å². The number of aliphatic carboxylic acids is 1. The molecule has 1 aromatic heterocycles. The summed E-state index contributed by atoms with van der Waals surface area (Å²) >= 11 is 14.3. The minimum absolute atomic E-state index is 0.184. The van der Waals surface area contributed by atoms with Gasteiger partial charge in [-0.05, 0) is 49.6 Å². The number of carbonyl (C=O) groups excluding carboxylic acids is 2. The van der Waals surface area contributed by atoms with E-state index in [9.17, 15) is 14.4 Å². The number of benzene rings is 1. The van der Waals surface area contributed by atoms with Gasteiger partial charge in [-0.1, -0.05) is 29.3 Å². The van der Waals surface area contributed by atoms with Crippen LogP contribution in [0.15, 0.2) is 45.9 Å². The molecule has 2 aromatic rings. The average molecular weight is 511 g/mol. The average Bonchev–Trinajstić information content (AvgIpc) is 3.33. The third-order valence-electron chi connectivity index (χ3n) is 5.34. The van der Waals surface area contributed by atoms with Gasteiger partial charge in [-0.15, -0.1) is 11.8 Å². The van der Waals surface area contributed by atoms with Crippen molar-refractivity contribution in [3.8, 4) is 0 Å². The quantitative estimate of drug-likeness (QED) is 0.393. The minimum Gasteiger partial charge on any atom is -0.480 e. The van der Waals surface area contributed by atoms with Gasteiger partial charge in [-0.3, -0.25) is 14.4 Å². The summed E-state index contributed by atoms with van der Waals surface area (Å²) < 4.78 is 5.32. The van der Waals surface area contributed by atoms with Gasteiger partial charge in [0.1, 0.15) is 11.8 Å². The van der Waals surface area contributed by atoms with E-state index in [-0.39, 0.29) is 17.7 Å². The maximum absolute atomic E-state index is 12.6. The summed E-state index contributed by atoms with van der Waals surface area (Å²) in [4.78, 5) is 38.1. The Morgan fingerprint density at radius 3 is 2.61 bits per heavy atom. The molecule has 0 bridgehead atoms. The van der Waals surface area contributed by atoms with Gasteiger partial charge in [0.2, 0.25) is 11.8 Å². The second-order valence-electron chi connectivity index (χ2n) is 7.65. The SMILES string of the molecule is CC(NC(=O)C1CCN(C(=O)C=Cc2ccc(SCc3ccco3)c(Cl)c2Cl)CC1)C(=O)O. The van der Waals surface area contributed by atoms with E-state index in [1.165, 1.54) is 24.8 Å². The number of halogens is 2. The van der Waals surface area contributed by atoms with Gasteiger partial charge >= 0.3 is 5.97 Å². The van der Waals surface area contributed by atoms with Gasteiger partial charge < -0.3 is 19.7 Å². The number of nitrogens with one attached hydrogen (secondary N) is 1. The van der Waals surface area contributed by atoms with Crippen molar-refractivity contribution in [3.05, 3.63) is 58.0 Å². The first-order valence-corrected chi connectivity index (χ1v) is 12.1. The van der Waals surface area contributed by atoms with Crippen molar-refractivity contribution < 1.29 is 23.9 Å². The van der Waals surface area contributed by atoms with Crippen LogP contribution in [-0.4, -0.2) is 46.9 Å². The van der Waals surface area contributed by atoms with Crippen LogP contribution in [0.2, 0.25) is 10.0 Å². The molecule has 1 aromatic carbocycles. The van der Waals surface area contributed by atoms with E-state index >= 15 is 0 Å². The topological polar surface area (TPSA) is 99.9 Å². The van der Waals surface area contributed by atoms with E-state index in [1.807, 2.05) is 24.3 Å². The highest BCUT2D eigenvalue weighted by molar-refractivity contribution is 7.98. The van der Waals surface area contributed by atoms with Crippen LogP contribution < -0.4 is 5.32 Å². The fourth-order valence-corrected chi connectivity index (χ4v) is 4.83. The van der Waals surface area contributed by atoms with E-state index < -0.39 is 12.0 Å². The zero-order valence-corrected chi connectivity index (χ0v) is 20.3. The molecule has 2 heterocycles. The number of carboxylic acid groups (broad SMARTS) is 1. The lowest BCUT2D eigenvalue weighted by atomic mass is 9.95. The van der Waals surface area contributed by atoms with Crippen molar-refractivity contribution in [2.75, 3.05) is 13.1 Å². The Labute approximate surface area is 206 Å². The van der Waals surface area contributed by atoms with Crippen LogP contribution in [0, 0.1) is 5.92 Å². The van der Waals surface area contributed by atoms with Gasteiger partial charge in [-0.25, -0.2) is 0 Å².